The first kappa shape index (κ1) is 23.4. The van der Waals surface area contributed by atoms with Crippen LogP contribution in [-0.2, 0) is 6.54 Å². The summed E-state index contributed by atoms with van der Waals surface area (Å²) in [4.78, 5) is 16.4. The van der Waals surface area contributed by atoms with E-state index in [1.807, 2.05) is 61.5 Å². The van der Waals surface area contributed by atoms with Crippen molar-refractivity contribution in [3.05, 3.63) is 90.8 Å². The molecule has 4 N–H and O–H groups in total. The number of amides is 2. The molecule has 0 aliphatic rings. The van der Waals surface area contributed by atoms with Crippen LogP contribution in [0.2, 0.25) is 0 Å². The van der Waals surface area contributed by atoms with Gasteiger partial charge in [-0.15, -0.1) is 0 Å². The van der Waals surface area contributed by atoms with E-state index in [2.05, 4.69) is 37.2 Å². The molecule has 0 fully saturated rings. The highest BCUT2D eigenvalue weighted by atomic mass is 16.5. The summed E-state index contributed by atoms with van der Waals surface area (Å²) in [5, 5.41) is 26.0. The van der Waals surface area contributed by atoms with Crippen LogP contribution in [0.4, 0.5) is 21.9 Å². The van der Waals surface area contributed by atoms with E-state index in [4.69, 9.17) is 4.74 Å². The van der Waals surface area contributed by atoms with E-state index in [1.54, 1.807) is 28.0 Å². The molecule has 184 valence electrons. The van der Waals surface area contributed by atoms with Gasteiger partial charge in [0.2, 0.25) is 6.33 Å². The summed E-state index contributed by atoms with van der Waals surface area (Å²) in [7, 11) is 0. The van der Waals surface area contributed by atoms with Gasteiger partial charge >= 0.3 is 12.4 Å². The lowest BCUT2D eigenvalue weighted by Gasteiger charge is -2.12. The molecule has 2 amide bonds. The van der Waals surface area contributed by atoms with Crippen molar-refractivity contribution >= 4 is 28.6 Å². The molecule has 5 aromatic rings. The van der Waals surface area contributed by atoms with Gasteiger partial charge in [0, 0.05) is 11.3 Å². The van der Waals surface area contributed by atoms with Gasteiger partial charge in [-0.1, -0.05) is 18.2 Å². The molecule has 0 aliphatic carbocycles. The maximum Gasteiger partial charge on any atom is 0.319 e. The van der Waals surface area contributed by atoms with Gasteiger partial charge in [0.25, 0.3) is 0 Å². The number of hydrogen-bond donors (Lipinski definition) is 4. The Balaban J connectivity index is 1.33. The van der Waals surface area contributed by atoms with Gasteiger partial charge in [0.05, 0.1) is 41.4 Å². The molecule has 2 aromatic carbocycles. The number of aromatic amines is 1. The van der Waals surface area contributed by atoms with Gasteiger partial charge < -0.3 is 20.7 Å². The van der Waals surface area contributed by atoms with Crippen LogP contribution in [0.3, 0.4) is 0 Å². The van der Waals surface area contributed by atoms with Crippen LogP contribution in [0.1, 0.15) is 11.1 Å². The van der Waals surface area contributed by atoms with Crippen molar-refractivity contribution in [2.24, 2.45) is 0 Å². The van der Waals surface area contributed by atoms with Gasteiger partial charge in [-0.25, -0.2) is 9.31 Å². The van der Waals surface area contributed by atoms with Crippen molar-refractivity contribution in [2.45, 2.75) is 13.5 Å². The fourth-order valence-corrected chi connectivity index (χ4v) is 3.83. The molecule has 3 aromatic heterocycles. The molecule has 11 nitrogen and oxygen atoms in total. The maximum atomic E-state index is 12.5. The molecular weight excluding hydrogens is 470 g/mol. The number of nitrogens with one attached hydrogen (secondary N) is 4. The largest absolute Gasteiger partial charge is 0.457 e. The summed E-state index contributed by atoms with van der Waals surface area (Å²) in [6, 6.07) is 18.8. The van der Waals surface area contributed by atoms with Gasteiger partial charge in [-0.3, -0.25) is 0 Å². The number of nitriles is 1. The zero-order chi connectivity index (χ0) is 25.6. The van der Waals surface area contributed by atoms with Crippen molar-refractivity contribution in [1.29, 1.82) is 5.26 Å². The fraction of sp³-hybridized carbons (Fsp3) is 0.115. The highest BCUT2D eigenvalue weighted by molar-refractivity contribution is 5.94. The average Bonchev–Trinajstić information content (AvgIpc) is 3.54. The molecule has 11 heteroatoms. The van der Waals surface area contributed by atoms with Crippen molar-refractivity contribution < 1.29 is 14.2 Å². The summed E-state index contributed by atoms with van der Waals surface area (Å²) in [6.45, 7) is 2.84. The second kappa shape index (κ2) is 10.5. The van der Waals surface area contributed by atoms with Crippen LogP contribution in [0.5, 0.6) is 11.5 Å². The van der Waals surface area contributed by atoms with Crippen LogP contribution in [0.15, 0.2) is 79.6 Å². The van der Waals surface area contributed by atoms with E-state index in [0.717, 1.165) is 17.0 Å². The van der Waals surface area contributed by atoms with Crippen LogP contribution >= 0.6 is 0 Å². The minimum absolute atomic E-state index is 0.344. The monoisotopic (exact) mass is 494 g/mol. The Bertz CT molecular complexity index is 1550. The molecule has 0 spiro atoms. The fourth-order valence-electron chi connectivity index (χ4n) is 3.83. The lowest BCUT2D eigenvalue weighted by Crippen LogP contribution is -2.42. The summed E-state index contributed by atoms with van der Waals surface area (Å²) in [5.41, 5.74) is 3.79. The van der Waals surface area contributed by atoms with E-state index in [-0.39, 0.29) is 6.03 Å². The lowest BCUT2D eigenvalue weighted by atomic mass is 10.1. The molecule has 0 unspecified atom stereocenters. The number of ether oxygens (including phenoxy) is 1. The number of aryl methyl sites for hydroxylation is 1. The first-order valence-corrected chi connectivity index (χ1v) is 11.5. The number of carbonyl (C=O) groups is 1. The predicted molar refractivity (Wildman–Crippen MR) is 137 cm³/mol. The van der Waals surface area contributed by atoms with Gasteiger partial charge in [0.1, 0.15) is 24.1 Å². The molecule has 0 saturated heterocycles. The third-order valence-electron chi connectivity index (χ3n) is 5.67. The van der Waals surface area contributed by atoms with Gasteiger partial charge in [-0.2, -0.15) is 20.1 Å². The summed E-state index contributed by atoms with van der Waals surface area (Å²) < 4.78 is 9.25. The summed E-state index contributed by atoms with van der Waals surface area (Å²) in [5.74, 6) is 1.44. The topological polar surface area (TPSA) is 136 Å². The zero-order valence-electron chi connectivity index (χ0n) is 20.0. The molecule has 0 aliphatic heterocycles. The Morgan fingerprint density at radius 3 is 2.68 bits per heavy atom. The standard InChI is InChI=1S/C26H23N9O2/c1-18-23(33-26(36)29-11-12-34-17-28-16-31-34)15-35-25(18)24(19(13-27)14-30-35)32-20-7-9-22(10-8-20)37-21-5-3-2-4-6-21/h2-10,14-17H,11-12H2,1H3,(H3,29,30,32,33,36)/p+1. The smallest absolute Gasteiger partial charge is 0.319 e. The van der Waals surface area contributed by atoms with E-state index in [9.17, 15) is 10.1 Å². The summed E-state index contributed by atoms with van der Waals surface area (Å²) in [6.07, 6.45) is 6.42. The number of para-hydroxylation sites is 1. The maximum absolute atomic E-state index is 12.5. The number of urea groups is 1. The molecule has 0 saturated carbocycles. The van der Waals surface area contributed by atoms with Crippen molar-refractivity contribution in [3.63, 3.8) is 0 Å². The van der Waals surface area contributed by atoms with Crippen molar-refractivity contribution in [3.8, 4) is 17.6 Å². The minimum atomic E-state index is -0.344. The average molecular weight is 495 g/mol. The van der Waals surface area contributed by atoms with E-state index >= 15 is 0 Å². The molecule has 5 rings (SSSR count). The number of carbonyl (C=O) groups excluding carboxylic acids is 1. The third kappa shape index (κ3) is 5.33. The predicted octanol–water partition coefficient (Wildman–Crippen LogP) is 3.88. The van der Waals surface area contributed by atoms with Crippen LogP contribution in [0, 0.1) is 18.3 Å². The molecule has 3 heterocycles. The lowest BCUT2D eigenvalue weighted by molar-refractivity contribution is -0.749. The number of H-pyrrole nitrogens is 1. The van der Waals surface area contributed by atoms with Gasteiger partial charge in [0.15, 0.2) is 0 Å². The molecule has 0 bridgehead atoms. The first-order chi connectivity index (χ1) is 18.1. The van der Waals surface area contributed by atoms with Crippen LogP contribution < -0.4 is 25.4 Å². The van der Waals surface area contributed by atoms with E-state index in [0.29, 0.717) is 41.3 Å². The Morgan fingerprint density at radius 1 is 1.16 bits per heavy atom. The first-order valence-electron chi connectivity index (χ1n) is 11.5. The van der Waals surface area contributed by atoms with E-state index < -0.39 is 0 Å². The second-order valence-electron chi connectivity index (χ2n) is 8.17. The molecular formula is C26H24N9O2+. The van der Waals surface area contributed by atoms with Crippen LogP contribution in [-0.4, -0.2) is 32.3 Å². The highest BCUT2D eigenvalue weighted by Gasteiger charge is 2.17. The Hall–Kier alpha value is -5.37. The Labute approximate surface area is 212 Å². The van der Waals surface area contributed by atoms with Crippen molar-refractivity contribution in [2.75, 3.05) is 17.2 Å². The van der Waals surface area contributed by atoms with E-state index in [1.165, 1.54) is 6.20 Å². The van der Waals surface area contributed by atoms with Gasteiger partial charge in [-0.05, 0) is 48.3 Å². The normalized spacial score (nSPS) is 10.6. The molecule has 0 radical (unpaired) electrons. The number of hydrogen-bond acceptors (Lipinski definition) is 6. The minimum Gasteiger partial charge on any atom is -0.457 e. The Kier molecular flexibility index (Phi) is 6.63. The summed E-state index contributed by atoms with van der Waals surface area (Å²) >= 11 is 0. The molecule has 37 heavy (non-hydrogen) atoms. The number of anilines is 3. The van der Waals surface area contributed by atoms with Crippen LogP contribution in [0.25, 0.3) is 5.52 Å². The zero-order valence-corrected chi connectivity index (χ0v) is 20.0. The SMILES string of the molecule is Cc1c(NC(=O)NCC[n+]2cnc[nH]2)cn2ncc(C#N)c(Nc3ccc(Oc4ccccc4)cc3)c12. The Morgan fingerprint density at radius 2 is 1.95 bits per heavy atom. The number of rotatable bonds is 8. The quantitative estimate of drug-likeness (QED) is 0.242. The number of aromatic nitrogens is 5. The number of benzene rings is 2. The number of nitrogens with zero attached hydrogens (tertiary/aromatic N) is 5. The third-order valence-corrected chi connectivity index (χ3v) is 5.67. The molecule has 0 atom stereocenters. The highest BCUT2D eigenvalue weighted by Crippen LogP contribution is 2.33. The second-order valence-corrected chi connectivity index (χ2v) is 8.17. The van der Waals surface area contributed by atoms with Crippen molar-refractivity contribution in [1.82, 2.24) is 25.0 Å². The number of fused-ring (bicyclic) bond motifs is 1.